The Hall–Kier alpha value is -1.04. The average molecular weight is 211 g/mol. The second-order valence-corrected chi connectivity index (χ2v) is 2.71. The number of halogens is 3. The van der Waals surface area contributed by atoms with Crippen LogP contribution in [0.15, 0.2) is 12.2 Å². The maximum atomic E-state index is 11.6. The van der Waals surface area contributed by atoms with Gasteiger partial charge in [0.15, 0.2) is 0 Å². The van der Waals surface area contributed by atoms with Gasteiger partial charge in [-0.1, -0.05) is 6.58 Å². The summed E-state index contributed by atoms with van der Waals surface area (Å²) in [4.78, 5) is 10.7. The zero-order chi connectivity index (χ0) is 11.2. The molecule has 0 amide bonds. The zero-order valence-electron chi connectivity index (χ0n) is 7.78. The smallest absolute Gasteiger partial charge is 0.401 e. The van der Waals surface area contributed by atoms with E-state index in [0.29, 0.717) is 0 Å². The van der Waals surface area contributed by atoms with Crippen LogP contribution in [0.1, 0.15) is 6.92 Å². The quantitative estimate of drug-likeness (QED) is 0.422. The van der Waals surface area contributed by atoms with E-state index in [1.165, 1.54) is 6.92 Å². The number of carbonyl (C=O) groups excluding carboxylic acids is 1. The van der Waals surface area contributed by atoms with Crippen LogP contribution in [0.4, 0.5) is 13.2 Å². The van der Waals surface area contributed by atoms with E-state index < -0.39 is 18.7 Å². The lowest BCUT2D eigenvalue weighted by molar-refractivity contribution is -0.139. The molecular formula is C8H12F3NO2. The predicted octanol–water partition coefficient (Wildman–Crippen LogP) is 1.26. The van der Waals surface area contributed by atoms with Crippen LogP contribution in [0, 0.1) is 0 Å². The Morgan fingerprint density at radius 2 is 2.07 bits per heavy atom. The Bertz CT molecular complexity index is 213. The molecule has 0 aliphatic rings. The molecule has 82 valence electrons. The van der Waals surface area contributed by atoms with Crippen LogP contribution < -0.4 is 5.32 Å². The Labute approximate surface area is 79.9 Å². The first-order chi connectivity index (χ1) is 6.33. The molecule has 0 aromatic heterocycles. The fraction of sp³-hybridized carbons (Fsp3) is 0.625. The maximum Gasteiger partial charge on any atom is 0.401 e. The summed E-state index contributed by atoms with van der Waals surface area (Å²) in [6, 6.07) is 0. The van der Waals surface area contributed by atoms with Gasteiger partial charge in [-0.15, -0.1) is 0 Å². The fourth-order valence-electron chi connectivity index (χ4n) is 0.569. The van der Waals surface area contributed by atoms with Crippen molar-refractivity contribution in [2.45, 2.75) is 13.1 Å². The van der Waals surface area contributed by atoms with Crippen molar-refractivity contribution >= 4 is 5.97 Å². The van der Waals surface area contributed by atoms with E-state index in [2.05, 4.69) is 16.6 Å². The largest absolute Gasteiger partial charge is 0.461 e. The molecule has 0 saturated heterocycles. The Morgan fingerprint density at radius 3 is 2.50 bits per heavy atom. The van der Waals surface area contributed by atoms with Gasteiger partial charge < -0.3 is 10.1 Å². The van der Waals surface area contributed by atoms with E-state index in [0.717, 1.165) is 0 Å². The summed E-state index contributed by atoms with van der Waals surface area (Å²) in [5, 5.41) is 2.09. The van der Waals surface area contributed by atoms with E-state index in [1.807, 2.05) is 0 Å². The van der Waals surface area contributed by atoms with E-state index in [-0.39, 0.29) is 18.7 Å². The van der Waals surface area contributed by atoms with Crippen molar-refractivity contribution in [3.05, 3.63) is 12.2 Å². The van der Waals surface area contributed by atoms with Crippen LogP contribution in [-0.2, 0) is 9.53 Å². The molecule has 0 spiro atoms. The van der Waals surface area contributed by atoms with Crippen LogP contribution >= 0.6 is 0 Å². The average Bonchev–Trinajstić information content (AvgIpc) is 2.01. The summed E-state index contributed by atoms with van der Waals surface area (Å²) in [5.74, 6) is -0.598. The molecule has 6 heteroatoms. The van der Waals surface area contributed by atoms with E-state index >= 15 is 0 Å². The first-order valence-electron chi connectivity index (χ1n) is 3.93. The first-order valence-corrected chi connectivity index (χ1v) is 3.93. The highest BCUT2D eigenvalue weighted by Crippen LogP contribution is 2.11. The molecule has 0 radical (unpaired) electrons. The number of hydrogen-bond donors (Lipinski definition) is 1. The highest BCUT2D eigenvalue weighted by molar-refractivity contribution is 5.86. The Kier molecular flexibility index (Phi) is 5.22. The monoisotopic (exact) mass is 211 g/mol. The second kappa shape index (κ2) is 5.64. The minimum Gasteiger partial charge on any atom is -0.461 e. The SMILES string of the molecule is C=C(C)C(=O)OCCNCC(F)(F)F. The molecule has 0 atom stereocenters. The van der Waals surface area contributed by atoms with Gasteiger partial charge in [0.05, 0.1) is 6.54 Å². The van der Waals surface area contributed by atoms with Gasteiger partial charge in [0.1, 0.15) is 6.61 Å². The molecule has 0 aromatic rings. The molecule has 0 unspecified atom stereocenters. The van der Waals surface area contributed by atoms with Gasteiger partial charge in [-0.25, -0.2) is 4.79 Å². The fourth-order valence-corrected chi connectivity index (χ4v) is 0.569. The van der Waals surface area contributed by atoms with Crippen molar-refractivity contribution in [2.24, 2.45) is 0 Å². The van der Waals surface area contributed by atoms with Gasteiger partial charge in [-0.2, -0.15) is 13.2 Å². The molecule has 0 rings (SSSR count). The lowest BCUT2D eigenvalue weighted by Crippen LogP contribution is -2.31. The molecule has 0 heterocycles. The molecule has 0 fully saturated rings. The lowest BCUT2D eigenvalue weighted by atomic mass is 10.4. The van der Waals surface area contributed by atoms with Gasteiger partial charge >= 0.3 is 12.1 Å². The van der Waals surface area contributed by atoms with Crippen molar-refractivity contribution in [3.63, 3.8) is 0 Å². The normalized spacial score (nSPS) is 11.1. The molecule has 3 nitrogen and oxygen atoms in total. The minimum atomic E-state index is -4.24. The number of hydrogen-bond acceptors (Lipinski definition) is 3. The summed E-state index contributed by atoms with van der Waals surface area (Å²) in [6.07, 6.45) is -4.24. The van der Waals surface area contributed by atoms with Gasteiger partial charge in [0, 0.05) is 12.1 Å². The number of esters is 1. The van der Waals surface area contributed by atoms with Gasteiger partial charge in [-0.05, 0) is 6.92 Å². The van der Waals surface area contributed by atoms with E-state index in [1.54, 1.807) is 0 Å². The summed E-state index contributed by atoms with van der Waals surface area (Å²) >= 11 is 0. The molecule has 0 aromatic carbocycles. The van der Waals surface area contributed by atoms with Crippen molar-refractivity contribution in [1.82, 2.24) is 5.32 Å². The van der Waals surface area contributed by atoms with Crippen LogP contribution in [0.2, 0.25) is 0 Å². The standard InChI is InChI=1S/C8H12F3NO2/c1-6(2)7(13)14-4-3-12-5-8(9,10)11/h12H,1,3-5H2,2H3. The summed E-state index contributed by atoms with van der Waals surface area (Å²) in [7, 11) is 0. The third-order valence-electron chi connectivity index (χ3n) is 1.19. The number of rotatable bonds is 5. The van der Waals surface area contributed by atoms with Crippen molar-refractivity contribution in [2.75, 3.05) is 19.7 Å². The third-order valence-corrected chi connectivity index (χ3v) is 1.19. The molecule has 0 saturated carbocycles. The summed E-state index contributed by atoms with van der Waals surface area (Å²) < 4.78 is 39.3. The zero-order valence-corrected chi connectivity index (χ0v) is 7.78. The number of alkyl halides is 3. The van der Waals surface area contributed by atoms with Crippen LogP contribution in [0.25, 0.3) is 0 Å². The maximum absolute atomic E-state index is 11.6. The minimum absolute atomic E-state index is 0.0292. The Balaban J connectivity index is 3.39. The highest BCUT2D eigenvalue weighted by Gasteiger charge is 2.25. The molecule has 0 aliphatic carbocycles. The molecule has 14 heavy (non-hydrogen) atoms. The second-order valence-electron chi connectivity index (χ2n) is 2.71. The number of ether oxygens (including phenoxy) is 1. The third kappa shape index (κ3) is 7.60. The van der Waals surface area contributed by atoms with Crippen molar-refractivity contribution in [3.8, 4) is 0 Å². The summed E-state index contributed by atoms with van der Waals surface area (Å²) in [6.45, 7) is 3.57. The topological polar surface area (TPSA) is 38.3 Å². The van der Waals surface area contributed by atoms with E-state index in [9.17, 15) is 18.0 Å². The van der Waals surface area contributed by atoms with Gasteiger partial charge in [0.25, 0.3) is 0 Å². The highest BCUT2D eigenvalue weighted by atomic mass is 19.4. The van der Waals surface area contributed by atoms with Gasteiger partial charge in [-0.3, -0.25) is 0 Å². The van der Waals surface area contributed by atoms with Crippen LogP contribution in [-0.4, -0.2) is 31.8 Å². The number of nitrogens with one attached hydrogen (secondary N) is 1. The van der Waals surface area contributed by atoms with Crippen molar-refractivity contribution in [1.29, 1.82) is 0 Å². The van der Waals surface area contributed by atoms with Crippen LogP contribution in [0.3, 0.4) is 0 Å². The molecule has 0 bridgehead atoms. The number of carbonyl (C=O) groups is 1. The predicted molar refractivity (Wildman–Crippen MR) is 44.7 cm³/mol. The van der Waals surface area contributed by atoms with E-state index in [4.69, 9.17) is 0 Å². The summed E-state index contributed by atoms with van der Waals surface area (Å²) in [5.41, 5.74) is 0.223. The first kappa shape index (κ1) is 13.0. The lowest BCUT2D eigenvalue weighted by Gasteiger charge is -2.08. The van der Waals surface area contributed by atoms with Gasteiger partial charge in [0.2, 0.25) is 0 Å². The van der Waals surface area contributed by atoms with Crippen molar-refractivity contribution < 1.29 is 22.7 Å². The molecular weight excluding hydrogens is 199 g/mol. The van der Waals surface area contributed by atoms with Crippen LogP contribution in [0.5, 0.6) is 0 Å². The molecule has 1 N–H and O–H groups in total. The molecule has 0 aliphatic heterocycles. The Morgan fingerprint density at radius 1 is 1.50 bits per heavy atom.